The first-order valence-corrected chi connectivity index (χ1v) is 5.41. The van der Waals surface area contributed by atoms with Crippen LogP contribution < -0.4 is 0 Å². The average molecular weight is 226 g/mol. The van der Waals surface area contributed by atoms with Crippen LogP contribution >= 0.6 is 0 Å². The zero-order valence-corrected chi connectivity index (χ0v) is 9.24. The molecule has 3 nitrogen and oxygen atoms in total. The predicted molar refractivity (Wildman–Crippen MR) is 63.2 cm³/mol. The van der Waals surface area contributed by atoms with E-state index in [1.807, 2.05) is 6.07 Å². The van der Waals surface area contributed by atoms with Crippen molar-refractivity contribution in [1.82, 2.24) is 4.98 Å². The van der Waals surface area contributed by atoms with E-state index in [1.54, 1.807) is 48.8 Å². The maximum Gasteiger partial charge on any atom is 0.195 e. The molecule has 0 spiro atoms. The van der Waals surface area contributed by atoms with Gasteiger partial charge in [0.25, 0.3) is 0 Å². The highest BCUT2D eigenvalue weighted by atomic mass is 16.3. The third-order valence-electron chi connectivity index (χ3n) is 2.49. The van der Waals surface area contributed by atoms with Crippen LogP contribution in [0.2, 0.25) is 0 Å². The molecule has 1 aromatic heterocycles. The lowest BCUT2D eigenvalue weighted by molar-refractivity contribution is 0.0548. The van der Waals surface area contributed by atoms with Gasteiger partial charge < -0.3 is 0 Å². The topological polar surface area (TPSA) is 49.9 Å². The van der Waals surface area contributed by atoms with E-state index >= 15 is 0 Å². The van der Waals surface area contributed by atoms with Crippen molar-refractivity contribution in [3.63, 3.8) is 0 Å². The van der Waals surface area contributed by atoms with Crippen molar-refractivity contribution in [3.05, 3.63) is 66.0 Å². The summed E-state index contributed by atoms with van der Waals surface area (Å²) in [6.07, 6.45) is 2.18. The molecule has 2 aromatic rings. The lowest BCUT2D eigenvalue weighted by Gasteiger charge is -2.07. The van der Waals surface area contributed by atoms with E-state index in [0.717, 1.165) is 5.56 Å². The van der Waals surface area contributed by atoms with E-state index in [-0.39, 0.29) is 12.2 Å². The summed E-state index contributed by atoms with van der Waals surface area (Å²) in [5.41, 5.74) is 1.26. The van der Waals surface area contributed by atoms with Gasteiger partial charge in [-0.3, -0.25) is 9.78 Å². The van der Waals surface area contributed by atoms with Gasteiger partial charge in [0.05, 0.1) is 0 Å². The van der Waals surface area contributed by atoms with Crippen LogP contribution in [0, 0.1) is 0 Å². The largest absolute Gasteiger partial charge is 0.291 e. The van der Waals surface area contributed by atoms with E-state index in [1.165, 1.54) is 0 Å². The van der Waals surface area contributed by atoms with Gasteiger partial charge in [-0.05, 0) is 11.6 Å². The molecular weight excluding hydrogens is 214 g/mol. The van der Waals surface area contributed by atoms with Crippen molar-refractivity contribution in [1.29, 1.82) is 0 Å². The van der Waals surface area contributed by atoms with Crippen LogP contribution in [0.3, 0.4) is 0 Å². The number of hydrogen-bond donors (Lipinski definition) is 0. The van der Waals surface area contributed by atoms with E-state index in [0.29, 0.717) is 5.56 Å². The van der Waals surface area contributed by atoms with E-state index < -0.39 is 6.10 Å². The summed E-state index contributed by atoms with van der Waals surface area (Å²) in [6.45, 7) is 0. The number of ketones is 1. The molecule has 0 N–H and O–H groups in total. The van der Waals surface area contributed by atoms with Gasteiger partial charge in [0.1, 0.15) is 0 Å². The fraction of sp³-hybridized carbons (Fsp3) is 0.143. The van der Waals surface area contributed by atoms with Crippen LogP contribution in [-0.4, -0.2) is 16.9 Å². The zero-order chi connectivity index (χ0) is 12.1. The van der Waals surface area contributed by atoms with Crippen molar-refractivity contribution in [2.45, 2.75) is 12.5 Å². The first-order chi connectivity index (χ1) is 8.27. The maximum absolute atomic E-state index is 11.8. The second-order valence-corrected chi connectivity index (χ2v) is 3.78. The predicted octanol–water partition coefficient (Wildman–Crippen LogP) is 2.31. The quantitative estimate of drug-likeness (QED) is 0.751. The number of aromatic nitrogens is 1. The minimum absolute atomic E-state index is 0.182. The Hall–Kier alpha value is -2.00. The molecule has 85 valence electrons. The third-order valence-corrected chi connectivity index (χ3v) is 2.49. The normalized spacial score (nSPS) is 12.1. The van der Waals surface area contributed by atoms with Gasteiger partial charge in [0, 0.05) is 24.4 Å². The van der Waals surface area contributed by atoms with E-state index in [4.69, 9.17) is 0 Å². The van der Waals surface area contributed by atoms with Crippen LogP contribution in [0.15, 0.2) is 54.9 Å². The zero-order valence-electron chi connectivity index (χ0n) is 9.24. The minimum atomic E-state index is -1.26. The molecule has 0 saturated heterocycles. The number of hydrogen-bond acceptors (Lipinski definition) is 2. The molecule has 2 rings (SSSR count). The number of pyridine rings is 1. The molecule has 1 heterocycles. The Labute approximate surface area is 99.8 Å². The van der Waals surface area contributed by atoms with Gasteiger partial charge in [0.2, 0.25) is 0 Å². The second-order valence-electron chi connectivity index (χ2n) is 3.78. The second kappa shape index (κ2) is 5.37. The molecule has 0 bridgehead atoms. The molecule has 0 aliphatic carbocycles. The number of Topliss-reactive ketones (excluding diaryl/α,β-unsaturated/α-hetero) is 1. The highest BCUT2D eigenvalue weighted by molar-refractivity contribution is 5.99. The average Bonchev–Trinajstić information content (AvgIpc) is 2.40. The lowest BCUT2D eigenvalue weighted by atomic mass is 10.0. The van der Waals surface area contributed by atoms with Crippen LogP contribution in [-0.2, 0) is 11.5 Å². The van der Waals surface area contributed by atoms with Crippen molar-refractivity contribution in [2.75, 3.05) is 0 Å². The molecule has 1 unspecified atom stereocenters. The molecule has 1 aromatic carbocycles. The van der Waals surface area contributed by atoms with Crippen LogP contribution in [0.25, 0.3) is 0 Å². The minimum Gasteiger partial charge on any atom is -0.291 e. The number of nitrogens with zero attached hydrogens (tertiary/aromatic N) is 1. The molecule has 0 aliphatic rings. The molecule has 0 saturated carbocycles. The van der Waals surface area contributed by atoms with E-state index in [2.05, 4.69) is 4.98 Å². The van der Waals surface area contributed by atoms with Crippen molar-refractivity contribution in [2.24, 2.45) is 0 Å². The fourth-order valence-corrected chi connectivity index (χ4v) is 1.61. The van der Waals surface area contributed by atoms with E-state index in [9.17, 15) is 9.90 Å². The highest BCUT2D eigenvalue weighted by Crippen LogP contribution is 2.08. The summed E-state index contributed by atoms with van der Waals surface area (Å²) in [5, 5.41) is 11.8. The molecule has 3 heteroatoms. The molecule has 0 fully saturated rings. The van der Waals surface area contributed by atoms with Crippen molar-refractivity contribution >= 4 is 5.78 Å². The van der Waals surface area contributed by atoms with Crippen molar-refractivity contribution < 1.29 is 9.90 Å². The van der Waals surface area contributed by atoms with Crippen LogP contribution in [0.1, 0.15) is 15.9 Å². The Morgan fingerprint density at radius 2 is 1.88 bits per heavy atom. The lowest BCUT2D eigenvalue weighted by Crippen LogP contribution is -2.21. The third kappa shape index (κ3) is 2.98. The molecule has 1 radical (unpaired) electrons. The van der Waals surface area contributed by atoms with Gasteiger partial charge in [-0.15, -0.1) is 0 Å². The monoisotopic (exact) mass is 226 g/mol. The summed E-state index contributed by atoms with van der Waals surface area (Å²) in [6, 6.07) is 12.2. The number of carbonyl (C=O) groups is 1. The molecule has 0 amide bonds. The van der Waals surface area contributed by atoms with Gasteiger partial charge >= 0.3 is 0 Å². The molecule has 0 aliphatic heterocycles. The number of benzene rings is 1. The first kappa shape index (κ1) is 11.5. The maximum atomic E-state index is 11.8. The Morgan fingerprint density at radius 1 is 1.12 bits per heavy atom. The highest BCUT2D eigenvalue weighted by Gasteiger charge is 2.18. The SMILES string of the molecule is [O]C(Cc1cccnc1)C(=O)c1ccccc1. The van der Waals surface area contributed by atoms with Crippen LogP contribution in [0.4, 0.5) is 0 Å². The Kier molecular flexibility index (Phi) is 3.62. The van der Waals surface area contributed by atoms with Gasteiger partial charge in [0.15, 0.2) is 11.9 Å². The van der Waals surface area contributed by atoms with Gasteiger partial charge in [-0.2, -0.15) is 0 Å². The smallest absolute Gasteiger partial charge is 0.195 e. The number of rotatable bonds is 4. The standard InChI is InChI=1S/C14H12NO2/c16-13(9-11-5-4-8-15-10-11)14(17)12-6-2-1-3-7-12/h1-8,10,13H,9H2. The molecule has 1 atom stereocenters. The van der Waals surface area contributed by atoms with Gasteiger partial charge in [-0.1, -0.05) is 36.4 Å². The van der Waals surface area contributed by atoms with Crippen molar-refractivity contribution in [3.8, 4) is 0 Å². The summed E-state index contributed by atoms with van der Waals surface area (Å²) in [7, 11) is 0. The molecule has 17 heavy (non-hydrogen) atoms. The van der Waals surface area contributed by atoms with Gasteiger partial charge in [-0.25, -0.2) is 5.11 Å². The fourth-order valence-electron chi connectivity index (χ4n) is 1.61. The summed E-state index contributed by atoms with van der Waals surface area (Å²) in [4.78, 5) is 15.7. The first-order valence-electron chi connectivity index (χ1n) is 5.41. The Bertz CT molecular complexity index is 482. The summed E-state index contributed by atoms with van der Waals surface area (Å²) >= 11 is 0. The van der Waals surface area contributed by atoms with Crippen LogP contribution in [0.5, 0.6) is 0 Å². The molecular formula is C14H12NO2. The number of carbonyl (C=O) groups excluding carboxylic acids is 1. The summed E-state index contributed by atoms with van der Waals surface area (Å²) in [5.74, 6) is -0.366. The summed E-state index contributed by atoms with van der Waals surface area (Å²) < 4.78 is 0. The Morgan fingerprint density at radius 3 is 2.53 bits per heavy atom. The Balaban J connectivity index is 2.06.